The largest absolute Gasteiger partial charge is 0.366 e. The molecule has 1 N–H and O–H groups in total. The molecular formula is C18H20N8. The maximum absolute atomic E-state index is 4.65. The van der Waals surface area contributed by atoms with Gasteiger partial charge in [0.15, 0.2) is 0 Å². The van der Waals surface area contributed by atoms with Crippen LogP contribution >= 0.6 is 0 Å². The minimum absolute atomic E-state index is 0.706. The molecule has 0 unspecified atom stereocenters. The number of hydrogen-bond donors (Lipinski definition) is 1. The van der Waals surface area contributed by atoms with Gasteiger partial charge in [0, 0.05) is 63.7 Å². The average molecular weight is 348 g/mol. The summed E-state index contributed by atoms with van der Waals surface area (Å²) in [7, 11) is 0. The van der Waals surface area contributed by atoms with Crippen molar-refractivity contribution in [3.05, 3.63) is 60.8 Å². The van der Waals surface area contributed by atoms with Crippen LogP contribution in [0.25, 0.3) is 0 Å². The molecule has 0 saturated carbocycles. The van der Waals surface area contributed by atoms with Gasteiger partial charge in [0.25, 0.3) is 0 Å². The second-order valence-corrected chi connectivity index (χ2v) is 5.97. The maximum atomic E-state index is 4.65. The number of nitrogens with one attached hydrogen (secondary N) is 1. The Balaban J connectivity index is 1.36. The smallest absolute Gasteiger partial charge is 0.227 e. The topological polar surface area (TPSA) is 83.0 Å². The number of pyridine rings is 1. The van der Waals surface area contributed by atoms with E-state index in [0.717, 1.165) is 49.5 Å². The van der Waals surface area contributed by atoms with E-state index in [1.165, 1.54) is 0 Å². The molecular weight excluding hydrogens is 328 g/mol. The van der Waals surface area contributed by atoms with Crippen LogP contribution in [0.5, 0.6) is 0 Å². The highest BCUT2D eigenvalue weighted by molar-refractivity contribution is 5.43. The minimum atomic E-state index is 0.706. The Bertz CT molecular complexity index is 819. The number of aromatic nitrogens is 5. The lowest BCUT2D eigenvalue weighted by atomic mass is 10.3. The van der Waals surface area contributed by atoms with Gasteiger partial charge in [-0.15, -0.1) is 0 Å². The lowest BCUT2D eigenvalue weighted by molar-refractivity contribution is 0.628. The fourth-order valence-corrected chi connectivity index (χ4v) is 2.85. The van der Waals surface area contributed by atoms with Gasteiger partial charge in [0.05, 0.1) is 0 Å². The van der Waals surface area contributed by atoms with Crippen LogP contribution in [-0.2, 0) is 6.54 Å². The molecule has 3 aromatic heterocycles. The van der Waals surface area contributed by atoms with Crippen LogP contribution in [0.4, 0.5) is 17.7 Å². The fraction of sp³-hybridized carbons (Fsp3) is 0.278. The molecule has 0 amide bonds. The van der Waals surface area contributed by atoms with Crippen molar-refractivity contribution in [3.8, 4) is 0 Å². The average Bonchev–Trinajstić information content (AvgIpc) is 2.74. The lowest BCUT2D eigenvalue weighted by Crippen LogP contribution is -2.47. The molecule has 0 radical (unpaired) electrons. The van der Waals surface area contributed by atoms with Crippen LogP contribution in [0.3, 0.4) is 0 Å². The minimum Gasteiger partial charge on any atom is -0.366 e. The summed E-state index contributed by atoms with van der Waals surface area (Å²) in [6, 6.07) is 7.69. The van der Waals surface area contributed by atoms with Crippen LogP contribution in [0.15, 0.2) is 55.2 Å². The molecule has 1 fully saturated rings. The van der Waals surface area contributed by atoms with Gasteiger partial charge in [-0.2, -0.15) is 4.98 Å². The van der Waals surface area contributed by atoms with Gasteiger partial charge in [-0.25, -0.2) is 15.0 Å². The quantitative estimate of drug-likeness (QED) is 0.744. The van der Waals surface area contributed by atoms with E-state index in [-0.39, 0.29) is 0 Å². The molecule has 4 heterocycles. The van der Waals surface area contributed by atoms with Gasteiger partial charge in [-0.1, -0.05) is 0 Å². The highest BCUT2D eigenvalue weighted by Crippen LogP contribution is 2.16. The summed E-state index contributed by atoms with van der Waals surface area (Å²) < 4.78 is 0. The molecule has 0 aliphatic carbocycles. The van der Waals surface area contributed by atoms with Crippen molar-refractivity contribution < 1.29 is 0 Å². The Morgan fingerprint density at radius 2 is 1.42 bits per heavy atom. The molecule has 0 bridgehead atoms. The zero-order valence-corrected chi connectivity index (χ0v) is 14.4. The molecule has 0 aromatic carbocycles. The Hall–Kier alpha value is -3.29. The maximum Gasteiger partial charge on any atom is 0.227 e. The zero-order valence-electron chi connectivity index (χ0n) is 14.4. The van der Waals surface area contributed by atoms with E-state index in [0.29, 0.717) is 6.54 Å². The number of hydrogen-bond acceptors (Lipinski definition) is 8. The Labute approximate surface area is 152 Å². The predicted octanol–water partition coefficient (Wildman–Crippen LogP) is 1.60. The van der Waals surface area contributed by atoms with E-state index in [9.17, 15) is 0 Å². The third-order valence-corrected chi connectivity index (χ3v) is 4.26. The standard InChI is InChI=1S/C18H20N8/c1-5-20-17(21-6-1)25-10-12-26(13-11-25)18-22-9-4-16(24-18)23-14-15-2-7-19-8-3-15/h1-9H,10-14H2,(H,22,23,24). The molecule has 1 saturated heterocycles. The summed E-state index contributed by atoms with van der Waals surface area (Å²) >= 11 is 0. The molecule has 8 nitrogen and oxygen atoms in total. The summed E-state index contributed by atoms with van der Waals surface area (Å²) in [5.74, 6) is 2.35. The van der Waals surface area contributed by atoms with E-state index >= 15 is 0 Å². The number of piperazine rings is 1. The first-order valence-electron chi connectivity index (χ1n) is 8.61. The van der Waals surface area contributed by atoms with Crippen LogP contribution < -0.4 is 15.1 Å². The molecule has 1 aliphatic heterocycles. The van der Waals surface area contributed by atoms with E-state index in [4.69, 9.17) is 0 Å². The van der Waals surface area contributed by atoms with Gasteiger partial charge in [0.1, 0.15) is 5.82 Å². The van der Waals surface area contributed by atoms with Crippen molar-refractivity contribution in [2.24, 2.45) is 0 Å². The van der Waals surface area contributed by atoms with Gasteiger partial charge < -0.3 is 15.1 Å². The van der Waals surface area contributed by atoms with Gasteiger partial charge in [0.2, 0.25) is 11.9 Å². The second-order valence-electron chi connectivity index (χ2n) is 5.97. The summed E-state index contributed by atoms with van der Waals surface area (Å²) in [6.07, 6.45) is 8.92. The van der Waals surface area contributed by atoms with E-state index in [2.05, 4.69) is 40.0 Å². The van der Waals surface area contributed by atoms with Crippen molar-refractivity contribution >= 4 is 17.7 Å². The summed E-state index contributed by atoms with van der Waals surface area (Å²) in [6.45, 7) is 4.08. The fourth-order valence-electron chi connectivity index (χ4n) is 2.85. The van der Waals surface area contributed by atoms with E-state index < -0.39 is 0 Å². The molecule has 132 valence electrons. The van der Waals surface area contributed by atoms with E-state index in [1.807, 2.05) is 24.3 Å². The SMILES string of the molecule is c1cnc(N2CCN(c3nccc(NCc4ccncc4)n3)CC2)nc1. The van der Waals surface area contributed by atoms with E-state index in [1.54, 1.807) is 31.0 Å². The van der Waals surface area contributed by atoms with Crippen LogP contribution in [0, 0.1) is 0 Å². The zero-order chi connectivity index (χ0) is 17.6. The highest BCUT2D eigenvalue weighted by Gasteiger charge is 2.20. The Kier molecular flexibility index (Phi) is 4.81. The molecule has 8 heteroatoms. The summed E-state index contributed by atoms with van der Waals surface area (Å²) in [5, 5.41) is 3.34. The second kappa shape index (κ2) is 7.73. The normalized spacial score (nSPS) is 14.3. The third-order valence-electron chi connectivity index (χ3n) is 4.26. The number of nitrogens with zero attached hydrogens (tertiary/aromatic N) is 7. The molecule has 0 spiro atoms. The highest BCUT2D eigenvalue weighted by atomic mass is 15.4. The van der Waals surface area contributed by atoms with Gasteiger partial charge in [-0.3, -0.25) is 4.98 Å². The Morgan fingerprint density at radius 1 is 0.769 bits per heavy atom. The summed E-state index contributed by atoms with van der Waals surface area (Å²) in [4.78, 5) is 26.1. The molecule has 4 rings (SSSR count). The predicted molar refractivity (Wildman–Crippen MR) is 100 cm³/mol. The lowest BCUT2D eigenvalue weighted by Gasteiger charge is -2.34. The van der Waals surface area contributed by atoms with Crippen LogP contribution in [0.1, 0.15) is 5.56 Å². The number of rotatable bonds is 5. The third kappa shape index (κ3) is 3.85. The van der Waals surface area contributed by atoms with Crippen molar-refractivity contribution in [3.63, 3.8) is 0 Å². The Morgan fingerprint density at radius 3 is 2.15 bits per heavy atom. The molecule has 26 heavy (non-hydrogen) atoms. The first kappa shape index (κ1) is 16.2. The molecule has 0 atom stereocenters. The molecule has 1 aliphatic rings. The van der Waals surface area contributed by atoms with Crippen molar-refractivity contribution in [1.29, 1.82) is 0 Å². The number of anilines is 3. The first-order valence-corrected chi connectivity index (χ1v) is 8.61. The van der Waals surface area contributed by atoms with Gasteiger partial charge in [-0.05, 0) is 29.8 Å². The first-order chi connectivity index (χ1) is 12.9. The molecule has 3 aromatic rings. The van der Waals surface area contributed by atoms with Crippen LogP contribution in [-0.4, -0.2) is 51.1 Å². The van der Waals surface area contributed by atoms with Crippen molar-refractivity contribution in [2.75, 3.05) is 41.3 Å². The van der Waals surface area contributed by atoms with Crippen LogP contribution in [0.2, 0.25) is 0 Å². The summed E-state index contributed by atoms with van der Waals surface area (Å²) in [5.41, 5.74) is 1.16. The van der Waals surface area contributed by atoms with Crippen molar-refractivity contribution in [2.45, 2.75) is 6.54 Å². The van der Waals surface area contributed by atoms with Crippen molar-refractivity contribution in [1.82, 2.24) is 24.9 Å². The monoisotopic (exact) mass is 348 g/mol. The van der Waals surface area contributed by atoms with Gasteiger partial charge >= 0.3 is 0 Å².